The van der Waals surface area contributed by atoms with Gasteiger partial charge >= 0.3 is 0 Å². The van der Waals surface area contributed by atoms with Gasteiger partial charge in [0, 0.05) is 6.54 Å². The summed E-state index contributed by atoms with van der Waals surface area (Å²) in [5.74, 6) is 0. The number of allylic oxidation sites excluding steroid dienone is 1. The number of hydrogen-bond donors (Lipinski definition) is 2. The zero-order valence-corrected chi connectivity index (χ0v) is 7.09. The maximum atomic E-state index is 9.32. The van der Waals surface area contributed by atoms with Gasteiger partial charge in [-0.25, -0.2) is 0 Å². The third kappa shape index (κ3) is 1.91. The van der Waals surface area contributed by atoms with E-state index in [9.17, 15) is 5.11 Å². The molecule has 1 aliphatic rings. The quantitative estimate of drug-likeness (QED) is 0.630. The molecule has 62 valence electrons. The highest BCUT2D eigenvalue weighted by Gasteiger charge is 2.12. The van der Waals surface area contributed by atoms with Crippen LogP contribution in [-0.4, -0.2) is 24.8 Å². The Bertz CT molecular complexity index is 192. The van der Waals surface area contributed by atoms with E-state index in [-0.39, 0.29) is 6.10 Å². The zero-order valence-electron chi connectivity index (χ0n) is 7.09. The van der Waals surface area contributed by atoms with E-state index in [1.54, 1.807) is 0 Å². The predicted molar refractivity (Wildman–Crippen MR) is 46.4 cm³/mol. The van der Waals surface area contributed by atoms with Crippen LogP contribution in [0.3, 0.4) is 0 Å². The van der Waals surface area contributed by atoms with Gasteiger partial charge in [0.1, 0.15) is 0 Å². The third-order valence-electron chi connectivity index (χ3n) is 1.94. The van der Waals surface area contributed by atoms with Crippen molar-refractivity contribution in [3.8, 4) is 0 Å². The summed E-state index contributed by atoms with van der Waals surface area (Å²) in [6, 6.07) is 0. The summed E-state index contributed by atoms with van der Waals surface area (Å²) < 4.78 is 0. The molecule has 2 N–H and O–H groups in total. The Morgan fingerprint density at radius 2 is 2.45 bits per heavy atom. The molecule has 0 aromatic heterocycles. The largest absolute Gasteiger partial charge is 0.389 e. The number of rotatable bonds is 3. The van der Waals surface area contributed by atoms with Crippen molar-refractivity contribution in [2.24, 2.45) is 0 Å². The lowest BCUT2D eigenvalue weighted by Crippen LogP contribution is -2.13. The van der Waals surface area contributed by atoms with Gasteiger partial charge in [-0.15, -0.1) is 0 Å². The van der Waals surface area contributed by atoms with Crippen molar-refractivity contribution >= 4 is 0 Å². The number of likely N-dealkylation sites (N-methyl/N-ethyl adjacent to an activating group) is 1. The Morgan fingerprint density at radius 3 is 3.00 bits per heavy atom. The van der Waals surface area contributed by atoms with E-state index in [4.69, 9.17) is 0 Å². The van der Waals surface area contributed by atoms with E-state index in [0.29, 0.717) is 0 Å². The molecule has 11 heavy (non-hydrogen) atoms. The topological polar surface area (TPSA) is 32.3 Å². The van der Waals surface area contributed by atoms with Crippen LogP contribution in [-0.2, 0) is 0 Å². The summed E-state index contributed by atoms with van der Waals surface area (Å²) in [7, 11) is 1.92. The van der Waals surface area contributed by atoms with E-state index in [1.807, 2.05) is 14.0 Å². The monoisotopic (exact) mass is 153 g/mol. The first-order valence-electron chi connectivity index (χ1n) is 3.97. The van der Waals surface area contributed by atoms with Crippen LogP contribution in [0.5, 0.6) is 0 Å². The SMILES string of the molecule is CNCC1=C([C@H](C)O)CC=C1. The molecule has 0 heterocycles. The second-order valence-electron chi connectivity index (χ2n) is 2.86. The fourth-order valence-corrected chi connectivity index (χ4v) is 1.37. The van der Waals surface area contributed by atoms with E-state index in [1.165, 1.54) is 5.57 Å². The molecule has 0 unspecified atom stereocenters. The summed E-state index contributed by atoms with van der Waals surface area (Å²) in [5, 5.41) is 12.4. The fraction of sp³-hybridized carbons (Fsp3) is 0.556. The van der Waals surface area contributed by atoms with Gasteiger partial charge in [-0.1, -0.05) is 12.2 Å². The van der Waals surface area contributed by atoms with Crippen molar-refractivity contribution in [2.45, 2.75) is 19.4 Å². The molecule has 0 spiro atoms. The minimum Gasteiger partial charge on any atom is -0.389 e. The summed E-state index contributed by atoms with van der Waals surface area (Å²) in [4.78, 5) is 0. The molecule has 1 rings (SSSR count). The van der Waals surface area contributed by atoms with Crippen molar-refractivity contribution in [3.63, 3.8) is 0 Å². The Kier molecular flexibility index (Phi) is 2.85. The molecule has 0 saturated heterocycles. The third-order valence-corrected chi connectivity index (χ3v) is 1.94. The minimum atomic E-state index is -0.298. The van der Waals surface area contributed by atoms with Crippen LogP contribution in [0.25, 0.3) is 0 Å². The molecule has 2 heteroatoms. The molecule has 1 atom stereocenters. The van der Waals surface area contributed by atoms with Gasteiger partial charge in [0.15, 0.2) is 0 Å². The van der Waals surface area contributed by atoms with Gasteiger partial charge in [0.2, 0.25) is 0 Å². The predicted octanol–water partition coefficient (Wildman–Crippen LogP) is 0.843. The molecule has 0 aliphatic heterocycles. The van der Waals surface area contributed by atoms with Crippen LogP contribution in [0.15, 0.2) is 23.3 Å². The Morgan fingerprint density at radius 1 is 1.73 bits per heavy atom. The van der Waals surface area contributed by atoms with Crippen LogP contribution in [0.4, 0.5) is 0 Å². The second kappa shape index (κ2) is 3.69. The minimum absolute atomic E-state index is 0.298. The Labute approximate surface area is 67.6 Å². The molecule has 0 bridgehead atoms. The maximum Gasteiger partial charge on any atom is 0.0731 e. The Hall–Kier alpha value is -0.600. The summed E-state index contributed by atoms with van der Waals surface area (Å²) >= 11 is 0. The highest BCUT2D eigenvalue weighted by Crippen LogP contribution is 2.21. The van der Waals surface area contributed by atoms with Crippen LogP contribution in [0, 0.1) is 0 Å². The molecule has 0 aromatic rings. The lowest BCUT2D eigenvalue weighted by molar-refractivity contribution is 0.228. The summed E-state index contributed by atoms with van der Waals surface area (Å²) in [6.07, 6.45) is 4.79. The molecule has 0 saturated carbocycles. The van der Waals surface area contributed by atoms with Crippen LogP contribution < -0.4 is 5.32 Å². The standard InChI is InChI=1S/C9H15NO/c1-7(11)9-5-3-4-8(9)6-10-2/h3-4,7,10-11H,5-6H2,1-2H3/t7-/m0/s1. The molecule has 2 nitrogen and oxygen atoms in total. The Balaban J connectivity index is 2.67. The zero-order chi connectivity index (χ0) is 8.27. The van der Waals surface area contributed by atoms with E-state index in [0.717, 1.165) is 18.5 Å². The van der Waals surface area contributed by atoms with Crippen molar-refractivity contribution in [1.82, 2.24) is 5.32 Å². The van der Waals surface area contributed by atoms with Gasteiger partial charge in [-0.05, 0) is 31.5 Å². The molecule has 0 fully saturated rings. The molecular formula is C9H15NO. The summed E-state index contributed by atoms with van der Waals surface area (Å²) in [6.45, 7) is 2.68. The van der Waals surface area contributed by atoms with Gasteiger partial charge in [0.05, 0.1) is 6.10 Å². The first-order chi connectivity index (χ1) is 5.25. The lowest BCUT2D eigenvalue weighted by Gasteiger charge is -2.08. The number of aliphatic hydroxyl groups excluding tert-OH is 1. The molecule has 0 aromatic carbocycles. The van der Waals surface area contributed by atoms with Crippen molar-refractivity contribution in [3.05, 3.63) is 23.3 Å². The second-order valence-corrected chi connectivity index (χ2v) is 2.86. The normalized spacial score (nSPS) is 19.5. The van der Waals surface area contributed by atoms with Gasteiger partial charge in [0.25, 0.3) is 0 Å². The highest BCUT2D eigenvalue weighted by molar-refractivity contribution is 5.36. The molecular weight excluding hydrogens is 138 g/mol. The van der Waals surface area contributed by atoms with Crippen molar-refractivity contribution in [1.29, 1.82) is 0 Å². The van der Waals surface area contributed by atoms with E-state index >= 15 is 0 Å². The summed E-state index contributed by atoms with van der Waals surface area (Å²) in [5.41, 5.74) is 2.39. The first kappa shape index (κ1) is 8.50. The van der Waals surface area contributed by atoms with Gasteiger partial charge < -0.3 is 10.4 Å². The average molecular weight is 153 g/mol. The average Bonchev–Trinajstić information content (AvgIpc) is 2.36. The number of hydrogen-bond acceptors (Lipinski definition) is 2. The van der Waals surface area contributed by atoms with Crippen LogP contribution >= 0.6 is 0 Å². The highest BCUT2D eigenvalue weighted by atomic mass is 16.3. The van der Waals surface area contributed by atoms with Crippen LogP contribution in [0.2, 0.25) is 0 Å². The molecule has 0 radical (unpaired) electrons. The fourth-order valence-electron chi connectivity index (χ4n) is 1.37. The van der Waals surface area contributed by atoms with E-state index < -0.39 is 0 Å². The van der Waals surface area contributed by atoms with E-state index in [2.05, 4.69) is 17.5 Å². The molecule has 0 amide bonds. The van der Waals surface area contributed by atoms with Crippen LogP contribution in [0.1, 0.15) is 13.3 Å². The maximum absolute atomic E-state index is 9.32. The number of nitrogens with one attached hydrogen (secondary N) is 1. The van der Waals surface area contributed by atoms with Gasteiger partial charge in [-0.3, -0.25) is 0 Å². The smallest absolute Gasteiger partial charge is 0.0731 e. The first-order valence-corrected chi connectivity index (χ1v) is 3.97. The molecule has 1 aliphatic carbocycles. The van der Waals surface area contributed by atoms with Gasteiger partial charge in [-0.2, -0.15) is 0 Å². The number of aliphatic hydroxyl groups is 1. The van der Waals surface area contributed by atoms with Crippen molar-refractivity contribution in [2.75, 3.05) is 13.6 Å². The lowest BCUT2D eigenvalue weighted by atomic mass is 10.1. The van der Waals surface area contributed by atoms with Crippen molar-refractivity contribution < 1.29 is 5.11 Å².